The Morgan fingerprint density at radius 1 is 1.32 bits per heavy atom. The average molecular weight is 262 g/mol. The summed E-state index contributed by atoms with van der Waals surface area (Å²) < 4.78 is 5.48. The molecule has 0 heterocycles. The number of hydrogen-bond acceptors (Lipinski definition) is 3. The first-order valence-electron chi connectivity index (χ1n) is 7.35. The lowest BCUT2D eigenvalue weighted by Crippen LogP contribution is -2.30. The molecule has 0 amide bonds. The number of rotatable bonds is 5. The Morgan fingerprint density at radius 3 is 2.68 bits per heavy atom. The average Bonchev–Trinajstić information content (AvgIpc) is 2.46. The number of nitrogens with two attached hydrogens (primary N) is 1. The van der Waals surface area contributed by atoms with Gasteiger partial charge >= 0.3 is 0 Å². The van der Waals surface area contributed by atoms with E-state index in [0.717, 1.165) is 18.1 Å². The van der Waals surface area contributed by atoms with Crippen molar-refractivity contribution in [2.75, 3.05) is 7.11 Å². The minimum atomic E-state index is 0.193. The van der Waals surface area contributed by atoms with Crippen molar-refractivity contribution < 1.29 is 4.74 Å². The van der Waals surface area contributed by atoms with Crippen LogP contribution in [0.1, 0.15) is 55.7 Å². The summed E-state index contributed by atoms with van der Waals surface area (Å²) in [6.45, 7) is 2.11. The molecule has 19 heavy (non-hydrogen) atoms. The third-order valence-electron chi connectivity index (χ3n) is 4.26. The largest absolute Gasteiger partial charge is 0.496 e. The Labute approximate surface area is 116 Å². The Bertz CT molecular complexity index is 400. The highest BCUT2D eigenvalue weighted by molar-refractivity contribution is 5.39. The van der Waals surface area contributed by atoms with Gasteiger partial charge in [-0.05, 0) is 25.3 Å². The van der Waals surface area contributed by atoms with E-state index in [4.69, 9.17) is 10.6 Å². The lowest BCUT2D eigenvalue weighted by molar-refractivity contribution is 0.296. The molecule has 1 atom stereocenters. The van der Waals surface area contributed by atoms with Crippen LogP contribution in [-0.4, -0.2) is 7.11 Å². The molecule has 0 spiro atoms. The number of nitrogens with one attached hydrogen (secondary N) is 1. The van der Waals surface area contributed by atoms with Crippen LogP contribution in [0.15, 0.2) is 18.2 Å². The van der Waals surface area contributed by atoms with Crippen molar-refractivity contribution in [1.29, 1.82) is 0 Å². The molecule has 3 nitrogen and oxygen atoms in total. The second-order valence-electron chi connectivity index (χ2n) is 5.70. The van der Waals surface area contributed by atoms with E-state index in [1.165, 1.54) is 43.2 Å². The minimum Gasteiger partial charge on any atom is -0.496 e. The van der Waals surface area contributed by atoms with Gasteiger partial charge in [-0.25, -0.2) is 0 Å². The van der Waals surface area contributed by atoms with Gasteiger partial charge in [0.25, 0.3) is 0 Å². The van der Waals surface area contributed by atoms with Gasteiger partial charge in [0.15, 0.2) is 0 Å². The molecule has 3 heteroatoms. The normalized spacial score (nSPS) is 18.3. The van der Waals surface area contributed by atoms with Gasteiger partial charge in [-0.2, -0.15) is 0 Å². The number of ether oxygens (including phenoxy) is 1. The van der Waals surface area contributed by atoms with Crippen molar-refractivity contribution in [2.45, 2.75) is 51.5 Å². The maximum absolute atomic E-state index is 5.79. The van der Waals surface area contributed by atoms with E-state index in [2.05, 4.69) is 24.5 Å². The van der Waals surface area contributed by atoms with E-state index in [-0.39, 0.29) is 6.04 Å². The predicted molar refractivity (Wildman–Crippen MR) is 79.0 cm³/mol. The van der Waals surface area contributed by atoms with E-state index in [1.54, 1.807) is 7.11 Å². The molecular weight excluding hydrogens is 236 g/mol. The minimum absolute atomic E-state index is 0.193. The summed E-state index contributed by atoms with van der Waals surface area (Å²) in [7, 11) is 1.72. The fraction of sp³-hybridized carbons (Fsp3) is 0.625. The molecule has 2 rings (SSSR count). The number of hydrazine groups is 1. The fourth-order valence-corrected chi connectivity index (χ4v) is 3.17. The molecule has 3 N–H and O–H groups in total. The predicted octanol–water partition coefficient (Wildman–Crippen LogP) is 3.48. The summed E-state index contributed by atoms with van der Waals surface area (Å²) >= 11 is 0. The first-order chi connectivity index (χ1) is 9.24. The quantitative estimate of drug-likeness (QED) is 0.631. The Hall–Kier alpha value is -1.06. The van der Waals surface area contributed by atoms with Gasteiger partial charge in [0.1, 0.15) is 5.75 Å². The zero-order valence-electron chi connectivity index (χ0n) is 12.1. The van der Waals surface area contributed by atoms with Crippen LogP contribution in [0, 0.1) is 12.8 Å². The van der Waals surface area contributed by atoms with Crippen molar-refractivity contribution in [3.8, 4) is 5.75 Å². The van der Waals surface area contributed by atoms with Crippen LogP contribution >= 0.6 is 0 Å². The number of aryl methyl sites for hydroxylation is 1. The molecule has 1 aliphatic carbocycles. The van der Waals surface area contributed by atoms with Gasteiger partial charge in [0, 0.05) is 11.6 Å². The van der Waals surface area contributed by atoms with Crippen LogP contribution in [0.25, 0.3) is 0 Å². The van der Waals surface area contributed by atoms with Crippen LogP contribution < -0.4 is 16.0 Å². The third-order valence-corrected chi connectivity index (χ3v) is 4.26. The Kier molecular flexibility index (Phi) is 5.23. The van der Waals surface area contributed by atoms with Gasteiger partial charge < -0.3 is 4.74 Å². The second kappa shape index (κ2) is 6.92. The first kappa shape index (κ1) is 14.4. The van der Waals surface area contributed by atoms with Gasteiger partial charge in [-0.15, -0.1) is 0 Å². The maximum atomic E-state index is 5.79. The number of hydrogen-bond donors (Lipinski definition) is 2. The molecule has 0 radical (unpaired) electrons. The highest BCUT2D eigenvalue weighted by Gasteiger charge is 2.21. The molecule has 1 aliphatic rings. The van der Waals surface area contributed by atoms with Crippen LogP contribution in [0.5, 0.6) is 5.75 Å². The Balaban J connectivity index is 2.13. The molecule has 106 valence electrons. The maximum Gasteiger partial charge on any atom is 0.123 e. The van der Waals surface area contributed by atoms with Crippen LogP contribution in [-0.2, 0) is 0 Å². The van der Waals surface area contributed by atoms with Crippen LogP contribution in [0.3, 0.4) is 0 Å². The van der Waals surface area contributed by atoms with Crippen molar-refractivity contribution in [3.63, 3.8) is 0 Å². The standard InChI is InChI=1S/C16H26N2O/c1-12-8-9-16(19-2)14(10-12)15(18-17)11-13-6-4-3-5-7-13/h8-10,13,15,18H,3-7,11,17H2,1-2H3. The SMILES string of the molecule is COc1ccc(C)cc1C(CC1CCCCC1)NN. The summed E-state index contributed by atoms with van der Waals surface area (Å²) in [4.78, 5) is 0. The fourth-order valence-electron chi connectivity index (χ4n) is 3.17. The lowest BCUT2D eigenvalue weighted by Gasteiger charge is -2.27. The topological polar surface area (TPSA) is 47.3 Å². The molecule has 1 fully saturated rings. The molecule has 0 aliphatic heterocycles. The summed E-state index contributed by atoms with van der Waals surface area (Å²) in [5.74, 6) is 7.52. The smallest absolute Gasteiger partial charge is 0.123 e. The molecule has 1 unspecified atom stereocenters. The van der Waals surface area contributed by atoms with E-state index < -0.39 is 0 Å². The van der Waals surface area contributed by atoms with Gasteiger partial charge in [0.05, 0.1) is 7.11 Å². The lowest BCUT2D eigenvalue weighted by atomic mass is 9.83. The molecule has 1 saturated carbocycles. The second-order valence-corrected chi connectivity index (χ2v) is 5.70. The molecule has 0 bridgehead atoms. The number of benzene rings is 1. The Morgan fingerprint density at radius 2 is 2.05 bits per heavy atom. The van der Waals surface area contributed by atoms with Crippen LogP contribution in [0.2, 0.25) is 0 Å². The summed E-state index contributed by atoms with van der Waals surface area (Å²) in [5.41, 5.74) is 5.43. The summed E-state index contributed by atoms with van der Waals surface area (Å²) in [5, 5.41) is 0. The van der Waals surface area contributed by atoms with Gasteiger partial charge in [-0.1, -0.05) is 49.8 Å². The molecular formula is C16H26N2O. The van der Waals surface area contributed by atoms with Crippen molar-refractivity contribution >= 4 is 0 Å². The van der Waals surface area contributed by atoms with E-state index in [0.29, 0.717) is 0 Å². The van der Waals surface area contributed by atoms with Crippen molar-refractivity contribution in [2.24, 2.45) is 11.8 Å². The van der Waals surface area contributed by atoms with Crippen LogP contribution in [0.4, 0.5) is 0 Å². The van der Waals surface area contributed by atoms with E-state index >= 15 is 0 Å². The summed E-state index contributed by atoms with van der Waals surface area (Å²) in [6.07, 6.45) is 7.92. The molecule has 1 aromatic carbocycles. The first-order valence-corrected chi connectivity index (χ1v) is 7.35. The molecule has 1 aromatic rings. The highest BCUT2D eigenvalue weighted by Crippen LogP contribution is 2.35. The third kappa shape index (κ3) is 3.71. The molecule has 0 saturated heterocycles. The highest BCUT2D eigenvalue weighted by atomic mass is 16.5. The zero-order chi connectivity index (χ0) is 13.7. The monoisotopic (exact) mass is 262 g/mol. The van der Waals surface area contributed by atoms with Crippen molar-refractivity contribution in [3.05, 3.63) is 29.3 Å². The number of methoxy groups -OCH3 is 1. The van der Waals surface area contributed by atoms with E-state index in [9.17, 15) is 0 Å². The zero-order valence-corrected chi connectivity index (χ0v) is 12.1. The van der Waals surface area contributed by atoms with Gasteiger partial charge in [0.2, 0.25) is 0 Å². The van der Waals surface area contributed by atoms with E-state index in [1.807, 2.05) is 6.07 Å². The molecule has 0 aromatic heterocycles. The van der Waals surface area contributed by atoms with Crippen molar-refractivity contribution in [1.82, 2.24) is 5.43 Å². The summed E-state index contributed by atoms with van der Waals surface area (Å²) in [6, 6.07) is 6.50. The van der Waals surface area contributed by atoms with Gasteiger partial charge in [-0.3, -0.25) is 11.3 Å².